The molecule has 1 aromatic heterocycles. The van der Waals surface area contributed by atoms with Crippen LogP contribution in [0.3, 0.4) is 0 Å². The first-order valence-corrected chi connectivity index (χ1v) is 9.73. The van der Waals surface area contributed by atoms with Crippen LogP contribution in [0, 0.1) is 17.2 Å². The fourth-order valence-corrected chi connectivity index (χ4v) is 3.70. The van der Waals surface area contributed by atoms with Crippen molar-refractivity contribution >= 4 is 5.97 Å². The molecule has 5 heteroatoms. The minimum atomic E-state index is -0.431. The van der Waals surface area contributed by atoms with Gasteiger partial charge in [-0.3, -0.25) is 4.79 Å². The minimum absolute atomic E-state index is 0.162. The van der Waals surface area contributed by atoms with Crippen LogP contribution in [0.4, 0.5) is 4.39 Å². The van der Waals surface area contributed by atoms with E-state index in [1.807, 2.05) is 44.3 Å². The summed E-state index contributed by atoms with van der Waals surface area (Å²) in [6, 6.07) is 18.4. The van der Waals surface area contributed by atoms with Crippen LogP contribution in [0.1, 0.15) is 30.7 Å². The van der Waals surface area contributed by atoms with E-state index in [-0.39, 0.29) is 18.3 Å². The van der Waals surface area contributed by atoms with Crippen molar-refractivity contribution in [2.75, 3.05) is 0 Å². The van der Waals surface area contributed by atoms with Gasteiger partial charge in [-0.05, 0) is 35.7 Å². The molecule has 0 spiro atoms. The standard InChI is InChI=1S/C24H24FNO3/c1-24(2)21(22(24)29-20-11-7-6-10-18(20)25)23(27)28-15-19-17(12-13-26-19)14-16-8-4-3-5-9-16/h3-13,21-22,26H,14-15H2,1-2H3. The van der Waals surface area contributed by atoms with Gasteiger partial charge < -0.3 is 14.5 Å². The molecule has 150 valence electrons. The lowest BCUT2D eigenvalue weighted by molar-refractivity contribution is -0.148. The van der Waals surface area contributed by atoms with Gasteiger partial charge >= 0.3 is 5.97 Å². The second-order valence-electron chi connectivity index (χ2n) is 8.02. The van der Waals surface area contributed by atoms with E-state index in [2.05, 4.69) is 17.1 Å². The predicted octanol–water partition coefficient (Wildman–Crippen LogP) is 4.89. The first-order chi connectivity index (χ1) is 14.0. The normalized spacial score (nSPS) is 19.6. The molecular weight excluding hydrogens is 369 g/mol. The van der Waals surface area contributed by atoms with E-state index in [1.54, 1.807) is 18.2 Å². The second-order valence-corrected chi connectivity index (χ2v) is 8.02. The van der Waals surface area contributed by atoms with E-state index in [9.17, 15) is 9.18 Å². The third-order valence-electron chi connectivity index (χ3n) is 5.60. The van der Waals surface area contributed by atoms with Gasteiger partial charge in [-0.1, -0.05) is 56.3 Å². The van der Waals surface area contributed by atoms with Gasteiger partial charge in [-0.25, -0.2) is 4.39 Å². The van der Waals surface area contributed by atoms with E-state index >= 15 is 0 Å². The molecule has 0 saturated heterocycles. The number of benzene rings is 2. The number of carbonyl (C=O) groups excluding carboxylic acids is 1. The van der Waals surface area contributed by atoms with E-state index in [0.29, 0.717) is 0 Å². The minimum Gasteiger partial charge on any atom is -0.486 e. The lowest BCUT2D eigenvalue weighted by Crippen LogP contribution is -2.13. The zero-order valence-electron chi connectivity index (χ0n) is 16.5. The summed E-state index contributed by atoms with van der Waals surface area (Å²) in [4.78, 5) is 15.8. The van der Waals surface area contributed by atoms with Crippen molar-refractivity contribution in [3.8, 4) is 5.75 Å². The average molecular weight is 393 g/mol. The molecule has 3 aromatic rings. The number of hydrogen-bond acceptors (Lipinski definition) is 3. The highest BCUT2D eigenvalue weighted by atomic mass is 19.1. The Hall–Kier alpha value is -3.08. The Balaban J connectivity index is 1.37. The van der Waals surface area contributed by atoms with Crippen molar-refractivity contribution in [2.24, 2.45) is 11.3 Å². The number of rotatable bonds is 7. The van der Waals surface area contributed by atoms with Crippen LogP contribution in [0.2, 0.25) is 0 Å². The van der Waals surface area contributed by atoms with Gasteiger partial charge in [-0.2, -0.15) is 0 Å². The number of ether oxygens (including phenoxy) is 2. The monoisotopic (exact) mass is 393 g/mol. The molecule has 2 aromatic carbocycles. The van der Waals surface area contributed by atoms with Gasteiger partial charge in [0, 0.05) is 11.6 Å². The van der Waals surface area contributed by atoms with E-state index in [0.717, 1.165) is 17.7 Å². The van der Waals surface area contributed by atoms with Crippen molar-refractivity contribution in [3.63, 3.8) is 0 Å². The third kappa shape index (κ3) is 4.04. The topological polar surface area (TPSA) is 51.3 Å². The Morgan fingerprint density at radius 2 is 1.79 bits per heavy atom. The summed E-state index contributed by atoms with van der Waals surface area (Å²) in [6.45, 7) is 4.03. The number of esters is 1. The van der Waals surface area contributed by atoms with Gasteiger partial charge in [0.05, 0.1) is 5.69 Å². The van der Waals surface area contributed by atoms with Crippen molar-refractivity contribution in [1.29, 1.82) is 0 Å². The molecule has 29 heavy (non-hydrogen) atoms. The maximum absolute atomic E-state index is 13.9. The fourth-order valence-electron chi connectivity index (χ4n) is 3.70. The number of aromatic amines is 1. The van der Waals surface area contributed by atoms with Crippen LogP contribution in [-0.4, -0.2) is 17.1 Å². The highest BCUT2D eigenvalue weighted by Gasteiger charge is 2.65. The van der Waals surface area contributed by atoms with Crippen molar-refractivity contribution in [2.45, 2.75) is 33.0 Å². The number of H-pyrrole nitrogens is 1. The highest BCUT2D eigenvalue weighted by Crippen LogP contribution is 2.54. The first-order valence-electron chi connectivity index (χ1n) is 9.73. The van der Waals surface area contributed by atoms with Crippen LogP contribution < -0.4 is 4.74 Å². The third-order valence-corrected chi connectivity index (χ3v) is 5.60. The quantitative estimate of drug-likeness (QED) is 0.582. The molecule has 4 nitrogen and oxygen atoms in total. The van der Waals surface area contributed by atoms with Crippen LogP contribution in [0.25, 0.3) is 0 Å². The number of carbonyl (C=O) groups is 1. The fraction of sp³-hybridized carbons (Fsp3) is 0.292. The molecule has 1 aliphatic carbocycles. The van der Waals surface area contributed by atoms with Crippen molar-refractivity contribution in [1.82, 2.24) is 4.98 Å². The summed E-state index contributed by atoms with van der Waals surface area (Å²) in [5, 5.41) is 0. The summed E-state index contributed by atoms with van der Waals surface area (Å²) in [5.41, 5.74) is 2.77. The Bertz CT molecular complexity index is 996. The number of halogens is 1. The predicted molar refractivity (Wildman–Crippen MR) is 108 cm³/mol. The number of hydrogen-bond donors (Lipinski definition) is 1. The molecule has 1 saturated carbocycles. The molecule has 0 radical (unpaired) electrons. The Kier molecular flexibility index (Phi) is 5.14. The summed E-state index contributed by atoms with van der Waals surface area (Å²) in [7, 11) is 0. The number of nitrogens with one attached hydrogen (secondary N) is 1. The van der Waals surface area contributed by atoms with E-state index in [1.165, 1.54) is 11.6 Å². The molecule has 1 fully saturated rings. The van der Waals surface area contributed by atoms with E-state index in [4.69, 9.17) is 9.47 Å². The first kappa shape index (κ1) is 19.2. The molecule has 1 heterocycles. The zero-order valence-corrected chi connectivity index (χ0v) is 16.5. The van der Waals surface area contributed by atoms with Gasteiger partial charge in [0.15, 0.2) is 11.6 Å². The largest absolute Gasteiger partial charge is 0.486 e. The molecule has 2 atom stereocenters. The van der Waals surface area contributed by atoms with Gasteiger partial charge in [0.1, 0.15) is 18.6 Å². The molecule has 0 amide bonds. The summed E-state index contributed by atoms with van der Waals surface area (Å²) < 4.78 is 25.2. The Labute approximate surface area is 169 Å². The van der Waals surface area contributed by atoms with Crippen LogP contribution in [0.15, 0.2) is 66.9 Å². The van der Waals surface area contributed by atoms with Gasteiger partial charge in [0.2, 0.25) is 0 Å². The summed E-state index contributed by atoms with van der Waals surface area (Å²) >= 11 is 0. The molecule has 4 rings (SSSR count). The Morgan fingerprint density at radius 1 is 1.07 bits per heavy atom. The van der Waals surface area contributed by atoms with Crippen LogP contribution >= 0.6 is 0 Å². The lowest BCUT2D eigenvalue weighted by atomic mass is 10.1. The summed E-state index contributed by atoms with van der Waals surface area (Å²) in [6.07, 6.45) is 2.22. The summed E-state index contributed by atoms with van der Waals surface area (Å²) in [5.74, 6) is -1.01. The van der Waals surface area contributed by atoms with Gasteiger partial charge in [-0.15, -0.1) is 0 Å². The molecule has 0 bridgehead atoms. The second kappa shape index (κ2) is 7.74. The molecule has 0 aliphatic heterocycles. The maximum atomic E-state index is 13.9. The smallest absolute Gasteiger partial charge is 0.313 e. The number of para-hydroxylation sites is 1. The zero-order chi connectivity index (χ0) is 20.4. The van der Waals surface area contributed by atoms with Crippen LogP contribution in [0.5, 0.6) is 5.75 Å². The highest BCUT2D eigenvalue weighted by molar-refractivity contribution is 5.78. The number of aromatic nitrogens is 1. The molecule has 1 aliphatic rings. The molecule has 1 N–H and O–H groups in total. The van der Waals surface area contributed by atoms with Crippen molar-refractivity contribution < 1.29 is 18.7 Å². The molecule has 2 unspecified atom stereocenters. The average Bonchev–Trinajstić information content (AvgIpc) is 3.01. The van der Waals surface area contributed by atoms with E-state index < -0.39 is 23.3 Å². The van der Waals surface area contributed by atoms with Gasteiger partial charge in [0.25, 0.3) is 0 Å². The lowest BCUT2D eigenvalue weighted by Gasteiger charge is -2.08. The maximum Gasteiger partial charge on any atom is 0.313 e. The van der Waals surface area contributed by atoms with Crippen LogP contribution in [-0.2, 0) is 22.6 Å². The van der Waals surface area contributed by atoms with Crippen molar-refractivity contribution in [3.05, 3.63) is 89.5 Å². The molecular formula is C24H24FNO3. The SMILES string of the molecule is CC1(C)C(Oc2ccccc2F)C1C(=O)OCc1[nH]ccc1Cc1ccccc1. The Morgan fingerprint density at radius 3 is 2.55 bits per heavy atom.